The minimum atomic E-state index is -1.54. The van der Waals surface area contributed by atoms with Gasteiger partial charge in [-0.1, -0.05) is 30.3 Å². The summed E-state index contributed by atoms with van der Waals surface area (Å²) < 4.78 is 1.74. The van der Waals surface area contributed by atoms with Crippen LogP contribution in [0, 0.1) is 0 Å². The SMILES string of the molecule is OC[C@@H](O)[C@H](O)[C@@H](O)c1c(-c2ccccc2)ncn1C1CC(O)C1. The van der Waals surface area contributed by atoms with Crippen LogP contribution < -0.4 is 0 Å². The highest BCUT2D eigenvalue weighted by molar-refractivity contribution is 5.62. The summed E-state index contributed by atoms with van der Waals surface area (Å²) in [7, 11) is 0. The van der Waals surface area contributed by atoms with E-state index in [1.807, 2.05) is 30.3 Å². The van der Waals surface area contributed by atoms with Crippen LogP contribution in [0.15, 0.2) is 36.7 Å². The number of hydrogen-bond acceptors (Lipinski definition) is 6. The first-order valence-electron chi connectivity index (χ1n) is 7.98. The second-order valence-electron chi connectivity index (χ2n) is 6.22. The molecule has 1 aliphatic carbocycles. The minimum absolute atomic E-state index is 0.0203. The number of imidazole rings is 1. The standard InChI is InChI=1S/C17H22N2O5/c20-8-13(22)16(23)17(24)15-14(10-4-2-1-3-5-10)18-9-19(15)11-6-12(21)7-11/h1-5,9,11-13,16-17,20-24H,6-8H2/t11?,12?,13-,16+,17+/m1/s1. The number of rotatable bonds is 6. The van der Waals surface area contributed by atoms with Crippen molar-refractivity contribution in [2.24, 2.45) is 0 Å². The third-order valence-corrected chi connectivity index (χ3v) is 4.55. The predicted molar refractivity (Wildman–Crippen MR) is 86.0 cm³/mol. The lowest BCUT2D eigenvalue weighted by Crippen LogP contribution is -2.37. The zero-order valence-electron chi connectivity index (χ0n) is 13.1. The predicted octanol–water partition coefficient (Wildman–Crippen LogP) is -0.00660. The average Bonchev–Trinajstić information content (AvgIpc) is 3.02. The molecule has 0 amide bonds. The first kappa shape index (κ1) is 17.1. The molecular weight excluding hydrogens is 312 g/mol. The summed E-state index contributed by atoms with van der Waals surface area (Å²) in [4.78, 5) is 4.37. The third-order valence-electron chi connectivity index (χ3n) is 4.55. The van der Waals surface area contributed by atoms with Crippen molar-refractivity contribution >= 4 is 0 Å². The van der Waals surface area contributed by atoms with Gasteiger partial charge >= 0.3 is 0 Å². The molecule has 1 aromatic heterocycles. The van der Waals surface area contributed by atoms with E-state index in [-0.39, 0.29) is 12.1 Å². The lowest BCUT2D eigenvalue weighted by atomic mass is 9.88. The highest BCUT2D eigenvalue weighted by atomic mass is 16.4. The molecule has 5 N–H and O–H groups in total. The van der Waals surface area contributed by atoms with Crippen LogP contribution in [0.4, 0.5) is 0 Å². The van der Waals surface area contributed by atoms with Gasteiger partial charge in [-0.3, -0.25) is 0 Å². The van der Waals surface area contributed by atoms with Crippen molar-refractivity contribution in [2.75, 3.05) is 6.61 Å². The number of aliphatic hydroxyl groups is 5. The Balaban J connectivity index is 2.01. The van der Waals surface area contributed by atoms with E-state index in [0.717, 1.165) is 5.56 Å². The Hall–Kier alpha value is -1.77. The van der Waals surface area contributed by atoms with Crippen LogP contribution in [0.3, 0.4) is 0 Å². The molecular formula is C17H22N2O5. The first-order valence-corrected chi connectivity index (χ1v) is 7.98. The maximum absolute atomic E-state index is 10.6. The van der Waals surface area contributed by atoms with Gasteiger partial charge in [0.1, 0.15) is 18.3 Å². The van der Waals surface area contributed by atoms with E-state index >= 15 is 0 Å². The molecule has 1 heterocycles. The molecule has 0 aliphatic heterocycles. The summed E-state index contributed by atoms with van der Waals surface area (Å²) in [6.45, 7) is -0.658. The van der Waals surface area contributed by atoms with Gasteiger partial charge in [0, 0.05) is 11.6 Å². The monoisotopic (exact) mass is 334 g/mol. The molecule has 7 heteroatoms. The van der Waals surface area contributed by atoms with Gasteiger partial charge < -0.3 is 30.1 Å². The lowest BCUT2D eigenvalue weighted by molar-refractivity contribution is -0.0810. The molecule has 0 saturated heterocycles. The van der Waals surface area contributed by atoms with E-state index in [1.165, 1.54) is 0 Å². The van der Waals surface area contributed by atoms with Crippen molar-refractivity contribution in [3.63, 3.8) is 0 Å². The van der Waals surface area contributed by atoms with Gasteiger partial charge in [-0.05, 0) is 12.8 Å². The zero-order valence-corrected chi connectivity index (χ0v) is 13.1. The van der Waals surface area contributed by atoms with Gasteiger partial charge in [-0.2, -0.15) is 0 Å². The van der Waals surface area contributed by atoms with Crippen molar-refractivity contribution < 1.29 is 25.5 Å². The number of aliphatic hydroxyl groups excluding tert-OH is 5. The van der Waals surface area contributed by atoms with E-state index in [9.17, 15) is 20.4 Å². The second-order valence-corrected chi connectivity index (χ2v) is 6.22. The smallest absolute Gasteiger partial charge is 0.125 e. The molecule has 24 heavy (non-hydrogen) atoms. The van der Waals surface area contributed by atoms with Crippen molar-refractivity contribution in [2.45, 2.75) is 43.3 Å². The Morgan fingerprint density at radius 2 is 1.79 bits per heavy atom. The fourth-order valence-corrected chi connectivity index (χ4v) is 3.04. The highest BCUT2D eigenvalue weighted by Gasteiger charge is 2.36. The largest absolute Gasteiger partial charge is 0.394 e. The van der Waals surface area contributed by atoms with Crippen LogP contribution in [-0.2, 0) is 0 Å². The quantitative estimate of drug-likeness (QED) is 0.507. The molecule has 1 aliphatic rings. The van der Waals surface area contributed by atoms with Gasteiger partial charge in [0.05, 0.1) is 30.4 Å². The van der Waals surface area contributed by atoms with E-state index in [0.29, 0.717) is 24.2 Å². The van der Waals surface area contributed by atoms with Crippen molar-refractivity contribution in [3.8, 4) is 11.3 Å². The summed E-state index contributed by atoms with van der Waals surface area (Å²) in [5.74, 6) is 0. The molecule has 3 atom stereocenters. The maximum Gasteiger partial charge on any atom is 0.125 e. The van der Waals surface area contributed by atoms with E-state index in [1.54, 1.807) is 10.9 Å². The third kappa shape index (κ3) is 3.09. The first-order chi connectivity index (χ1) is 11.5. The van der Waals surface area contributed by atoms with Gasteiger partial charge in [-0.25, -0.2) is 4.98 Å². The summed E-state index contributed by atoms with van der Waals surface area (Å²) in [5.41, 5.74) is 1.66. The fraction of sp³-hybridized carbons (Fsp3) is 0.471. The van der Waals surface area contributed by atoms with Gasteiger partial charge in [0.25, 0.3) is 0 Å². The lowest BCUT2D eigenvalue weighted by Gasteiger charge is -2.35. The molecule has 0 radical (unpaired) electrons. The van der Waals surface area contributed by atoms with Crippen LogP contribution in [-0.4, -0.2) is 60.0 Å². The van der Waals surface area contributed by atoms with Crippen LogP contribution in [0.2, 0.25) is 0 Å². The molecule has 130 valence electrons. The molecule has 1 aromatic carbocycles. The maximum atomic E-state index is 10.6. The number of benzene rings is 1. The number of nitrogens with zero attached hydrogens (tertiary/aromatic N) is 2. The van der Waals surface area contributed by atoms with E-state index in [4.69, 9.17) is 5.11 Å². The molecule has 1 saturated carbocycles. The number of hydrogen-bond donors (Lipinski definition) is 5. The van der Waals surface area contributed by atoms with Gasteiger partial charge in [-0.15, -0.1) is 0 Å². The summed E-state index contributed by atoms with van der Waals surface area (Å²) in [6.07, 6.45) is -2.13. The van der Waals surface area contributed by atoms with Crippen molar-refractivity contribution in [1.29, 1.82) is 0 Å². The highest BCUT2D eigenvalue weighted by Crippen LogP contribution is 2.38. The van der Waals surface area contributed by atoms with Crippen molar-refractivity contribution in [3.05, 3.63) is 42.4 Å². The molecule has 0 bridgehead atoms. The normalized spacial score (nSPS) is 24.2. The van der Waals surface area contributed by atoms with E-state index < -0.39 is 24.9 Å². The Labute approximate surface area is 139 Å². The second kappa shape index (κ2) is 7.00. The fourth-order valence-electron chi connectivity index (χ4n) is 3.04. The Morgan fingerprint density at radius 1 is 1.12 bits per heavy atom. The zero-order chi connectivity index (χ0) is 17.3. The summed E-state index contributed by atoms with van der Waals surface area (Å²) in [6, 6.07) is 9.21. The Kier molecular flexibility index (Phi) is 4.98. The van der Waals surface area contributed by atoms with Gasteiger partial charge in [0.15, 0.2) is 0 Å². The summed E-state index contributed by atoms with van der Waals surface area (Å²) >= 11 is 0. The molecule has 1 fully saturated rings. The average molecular weight is 334 g/mol. The molecule has 7 nitrogen and oxygen atoms in total. The minimum Gasteiger partial charge on any atom is -0.394 e. The van der Waals surface area contributed by atoms with Crippen molar-refractivity contribution in [1.82, 2.24) is 9.55 Å². The molecule has 0 unspecified atom stereocenters. The molecule has 3 rings (SSSR count). The molecule has 2 aromatic rings. The van der Waals surface area contributed by atoms with E-state index in [2.05, 4.69) is 4.98 Å². The Bertz CT molecular complexity index is 669. The van der Waals surface area contributed by atoms with Crippen LogP contribution >= 0.6 is 0 Å². The summed E-state index contributed by atoms with van der Waals surface area (Å²) in [5, 5.41) is 49.0. The van der Waals surface area contributed by atoms with Gasteiger partial charge in [0.2, 0.25) is 0 Å². The molecule has 0 spiro atoms. The Morgan fingerprint density at radius 3 is 2.38 bits per heavy atom. The van der Waals surface area contributed by atoms with Crippen LogP contribution in [0.5, 0.6) is 0 Å². The number of aromatic nitrogens is 2. The topological polar surface area (TPSA) is 119 Å². The van der Waals surface area contributed by atoms with Crippen LogP contribution in [0.25, 0.3) is 11.3 Å². The van der Waals surface area contributed by atoms with Crippen LogP contribution in [0.1, 0.15) is 30.7 Å².